The Bertz CT molecular complexity index is 698. The summed E-state index contributed by atoms with van der Waals surface area (Å²) in [5.41, 5.74) is 2.98. The Labute approximate surface area is 151 Å². The van der Waals surface area contributed by atoms with Gasteiger partial charge in [0, 0.05) is 11.4 Å². The molecule has 25 heavy (non-hydrogen) atoms. The summed E-state index contributed by atoms with van der Waals surface area (Å²) in [6.45, 7) is 1.74. The fourth-order valence-electron chi connectivity index (χ4n) is 2.00. The number of anilines is 1. The maximum atomic E-state index is 11.8. The standard InChI is InChI=1S/C19H21NO4S/c1-14-3-5-15(6-4-14)12-25-13-19(22)24-11-18(21)20-16-7-9-17(23-2)10-8-16/h3-10H,11-13H2,1-2H3,(H,20,21). The molecule has 0 radical (unpaired) electrons. The molecule has 0 unspecified atom stereocenters. The first-order valence-electron chi connectivity index (χ1n) is 7.79. The fraction of sp³-hybridized carbons (Fsp3) is 0.263. The van der Waals surface area contributed by atoms with Crippen molar-refractivity contribution in [1.82, 2.24) is 0 Å². The number of esters is 1. The second-order valence-electron chi connectivity index (χ2n) is 5.42. The average Bonchev–Trinajstić information content (AvgIpc) is 2.62. The summed E-state index contributed by atoms with van der Waals surface area (Å²) in [7, 11) is 1.57. The Balaban J connectivity index is 1.64. The topological polar surface area (TPSA) is 64.6 Å². The molecule has 0 atom stereocenters. The van der Waals surface area contributed by atoms with Gasteiger partial charge in [-0.2, -0.15) is 0 Å². The third-order valence-electron chi connectivity index (χ3n) is 3.35. The average molecular weight is 359 g/mol. The van der Waals surface area contributed by atoms with Crippen molar-refractivity contribution in [2.45, 2.75) is 12.7 Å². The van der Waals surface area contributed by atoms with Crippen molar-refractivity contribution in [3.63, 3.8) is 0 Å². The molecule has 0 spiro atoms. The lowest BCUT2D eigenvalue weighted by molar-refractivity contribution is -0.144. The number of methoxy groups -OCH3 is 1. The molecule has 1 amide bonds. The molecular weight excluding hydrogens is 338 g/mol. The van der Waals surface area contributed by atoms with Crippen molar-refractivity contribution >= 4 is 29.3 Å². The summed E-state index contributed by atoms with van der Waals surface area (Å²) in [4.78, 5) is 23.5. The molecule has 6 heteroatoms. The molecule has 0 aromatic heterocycles. The summed E-state index contributed by atoms with van der Waals surface area (Å²) in [5.74, 6) is 0.871. The molecule has 0 fully saturated rings. The monoisotopic (exact) mass is 359 g/mol. The number of nitrogens with one attached hydrogen (secondary N) is 1. The fourth-order valence-corrected chi connectivity index (χ4v) is 2.78. The van der Waals surface area contributed by atoms with Crippen LogP contribution in [0.2, 0.25) is 0 Å². The second kappa shape index (κ2) is 9.74. The molecule has 2 aromatic carbocycles. The molecule has 0 aliphatic rings. The summed E-state index contributed by atoms with van der Waals surface area (Å²) < 4.78 is 10.0. The van der Waals surface area contributed by atoms with Crippen molar-refractivity contribution in [2.24, 2.45) is 0 Å². The summed E-state index contributed by atoms with van der Waals surface area (Å²) in [6, 6.07) is 15.1. The molecule has 0 bridgehead atoms. The molecule has 2 aromatic rings. The number of aryl methyl sites for hydroxylation is 1. The van der Waals surface area contributed by atoms with Crippen LogP contribution in [0.3, 0.4) is 0 Å². The molecule has 0 saturated heterocycles. The Morgan fingerprint density at radius 1 is 1.04 bits per heavy atom. The van der Waals surface area contributed by atoms with Crippen LogP contribution in [-0.4, -0.2) is 31.3 Å². The van der Waals surface area contributed by atoms with Crippen LogP contribution in [0.5, 0.6) is 5.75 Å². The van der Waals surface area contributed by atoms with E-state index >= 15 is 0 Å². The molecule has 0 aliphatic heterocycles. The largest absolute Gasteiger partial charge is 0.497 e. The highest BCUT2D eigenvalue weighted by molar-refractivity contribution is 7.99. The molecule has 132 valence electrons. The van der Waals surface area contributed by atoms with Crippen molar-refractivity contribution in [2.75, 3.05) is 24.8 Å². The number of hydrogen-bond acceptors (Lipinski definition) is 5. The normalized spacial score (nSPS) is 10.2. The van der Waals surface area contributed by atoms with Crippen LogP contribution >= 0.6 is 11.8 Å². The molecule has 0 aliphatic carbocycles. The lowest BCUT2D eigenvalue weighted by atomic mass is 10.2. The van der Waals surface area contributed by atoms with E-state index < -0.39 is 5.97 Å². The number of ether oxygens (including phenoxy) is 2. The van der Waals surface area contributed by atoms with Gasteiger partial charge in [0.15, 0.2) is 6.61 Å². The zero-order valence-electron chi connectivity index (χ0n) is 14.3. The van der Waals surface area contributed by atoms with Crippen molar-refractivity contribution in [1.29, 1.82) is 0 Å². The van der Waals surface area contributed by atoms with E-state index in [-0.39, 0.29) is 18.3 Å². The predicted molar refractivity (Wildman–Crippen MR) is 99.9 cm³/mol. The van der Waals surface area contributed by atoms with Crippen LogP contribution in [0.25, 0.3) is 0 Å². The van der Waals surface area contributed by atoms with E-state index in [1.165, 1.54) is 17.3 Å². The number of hydrogen-bond donors (Lipinski definition) is 1. The highest BCUT2D eigenvalue weighted by Gasteiger charge is 2.08. The maximum absolute atomic E-state index is 11.8. The van der Waals surface area contributed by atoms with Crippen LogP contribution in [0.4, 0.5) is 5.69 Å². The number of thioether (sulfide) groups is 1. The highest BCUT2D eigenvalue weighted by Crippen LogP contribution is 2.15. The minimum absolute atomic E-state index is 0.212. The van der Waals surface area contributed by atoms with Crippen molar-refractivity contribution in [3.05, 3.63) is 59.7 Å². The Morgan fingerprint density at radius 3 is 2.36 bits per heavy atom. The molecule has 5 nitrogen and oxygen atoms in total. The molecule has 2 rings (SSSR count). The zero-order valence-corrected chi connectivity index (χ0v) is 15.1. The quantitative estimate of drug-likeness (QED) is 0.732. The highest BCUT2D eigenvalue weighted by atomic mass is 32.2. The van der Waals surface area contributed by atoms with Gasteiger partial charge in [-0.25, -0.2) is 0 Å². The predicted octanol–water partition coefficient (Wildman–Crippen LogP) is 3.42. The molecule has 0 saturated carbocycles. The minimum Gasteiger partial charge on any atom is -0.497 e. The van der Waals surface area contributed by atoms with Crippen LogP contribution in [0.1, 0.15) is 11.1 Å². The van der Waals surface area contributed by atoms with Gasteiger partial charge in [-0.05, 0) is 36.8 Å². The van der Waals surface area contributed by atoms with E-state index in [1.54, 1.807) is 31.4 Å². The third kappa shape index (κ3) is 6.89. The van der Waals surface area contributed by atoms with Gasteiger partial charge in [-0.3, -0.25) is 9.59 Å². The van der Waals surface area contributed by atoms with Gasteiger partial charge in [-0.1, -0.05) is 29.8 Å². The molecule has 1 N–H and O–H groups in total. The second-order valence-corrected chi connectivity index (χ2v) is 6.40. The van der Waals surface area contributed by atoms with E-state index in [0.29, 0.717) is 11.4 Å². The third-order valence-corrected chi connectivity index (χ3v) is 4.32. The zero-order chi connectivity index (χ0) is 18.1. The minimum atomic E-state index is -0.401. The maximum Gasteiger partial charge on any atom is 0.316 e. The lowest BCUT2D eigenvalue weighted by Gasteiger charge is -2.07. The van der Waals surface area contributed by atoms with Crippen LogP contribution in [0.15, 0.2) is 48.5 Å². The smallest absolute Gasteiger partial charge is 0.316 e. The first kappa shape index (κ1) is 18.9. The van der Waals surface area contributed by atoms with E-state index in [0.717, 1.165) is 11.3 Å². The van der Waals surface area contributed by atoms with Gasteiger partial charge < -0.3 is 14.8 Å². The van der Waals surface area contributed by atoms with Gasteiger partial charge in [0.2, 0.25) is 0 Å². The number of rotatable bonds is 8. The van der Waals surface area contributed by atoms with Gasteiger partial charge in [0.25, 0.3) is 5.91 Å². The molecular formula is C19H21NO4S. The van der Waals surface area contributed by atoms with E-state index in [1.807, 2.05) is 31.2 Å². The van der Waals surface area contributed by atoms with E-state index in [4.69, 9.17) is 9.47 Å². The summed E-state index contributed by atoms with van der Waals surface area (Å²) in [5, 5.41) is 2.66. The van der Waals surface area contributed by atoms with Gasteiger partial charge in [0.1, 0.15) is 5.75 Å². The van der Waals surface area contributed by atoms with E-state index in [9.17, 15) is 9.59 Å². The number of amides is 1. The van der Waals surface area contributed by atoms with E-state index in [2.05, 4.69) is 5.32 Å². The summed E-state index contributed by atoms with van der Waals surface area (Å²) >= 11 is 1.46. The lowest BCUT2D eigenvalue weighted by Crippen LogP contribution is -2.21. The first-order chi connectivity index (χ1) is 12.1. The van der Waals surface area contributed by atoms with Crippen LogP contribution in [0, 0.1) is 6.92 Å². The Hall–Kier alpha value is -2.47. The van der Waals surface area contributed by atoms with Crippen LogP contribution < -0.4 is 10.1 Å². The van der Waals surface area contributed by atoms with Crippen molar-refractivity contribution < 1.29 is 19.1 Å². The Kier molecular flexibility index (Phi) is 7.35. The van der Waals surface area contributed by atoms with Gasteiger partial charge in [-0.15, -0.1) is 11.8 Å². The van der Waals surface area contributed by atoms with Gasteiger partial charge in [0.05, 0.1) is 12.9 Å². The van der Waals surface area contributed by atoms with Gasteiger partial charge >= 0.3 is 5.97 Å². The number of benzene rings is 2. The van der Waals surface area contributed by atoms with Crippen LogP contribution in [-0.2, 0) is 20.1 Å². The number of carbonyl (C=O) groups is 2. The molecule has 0 heterocycles. The Morgan fingerprint density at radius 2 is 1.72 bits per heavy atom. The summed E-state index contributed by atoms with van der Waals surface area (Å²) in [6.07, 6.45) is 0. The number of carbonyl (C=O) groups excluding carboxylic acids is 2. The SMILES string of the molecule is COc1ccc(NC(=O)COC(=O)CSCc2ccc(C)cc2)cc1. The first-order valence-corrected chi connectivity index (χ1v) is 8.95. The van der Waals surface area contributed by atoms with Crippen molar-refractivity contribution in [3.8, 4) is 5.75 Å².